The zero-order chi connectivity index (χ0) is 14.4. The van der Waals surface area contributed by atoms with Crippen LogP contribution < -0.4 is 5.43 Å². The predicted octanol–water partition coefficient (Wildman–Crippen LogP) is 2.33. The number of thioether (sulfide) groups is 1. The van der Waals surface area contributed by atoms with Crippen LogP contribution >= 0.6 is 23.4 Å². The van der Waals surface area contributed by atoms with Gasteiger partial charge in [0, 0.05) is 19.0 Å². The van der Waals surface area contributed by atoms with Crippen LogP contribution in [0.2, 0.25) is 5.02 Å². The smallest absolute Gasteiger partial charge is 0.309 e. The molecule has 0 spiro atoms. The third-order valence-electron chi connectivity index (χ3n) is 2.09. The van der Waals surface area contributed by atoms with Crippen LogP contribution in [0, 0.1) is 0 Å². The lowest BCUT2D eigenvalue weighted by Gasteiger charge is -2.11. The van der Waals surface area contributed by atoms with Crippen molar-refractivity contribution in [2.75, 3.05) is 21.2 Å². The summed E-state index contributed by atoms with van der Waals surface area (Å²) in [6, 6.07) is 5.11. The standard InChI is InChI=1S/C12H15ClN2O3S/c1-15(2)14-12(17)19-10-5-4-8(6-9(10)13)7-11(16)18-3/h4-6H,7H2,1-3H3,(H,14,17). The molecule has 1 rings (SSSR count). The summed E-state index contributed by atoms with van der Waals surface area (Å²) in [7, 11) is 4.78. The number of hydrogen-bond donors (Lipinski definition) is 1. The Kier molecular flexibility index (Phi) is 6.14. The molecule has 0 heterocycles. The minimum atomic E-state index is -0.332. The Morgan fingerprint density at radius 3 is 2.63 bits per heavy atom. The number of hydrazine groups is 1. The molecule has 104 valence electrons. The van der Waals surface area contributed by atoms with Crippen LogP contribution in [0.15, 0.2) is 23.1 Å². The van der Waals surface area contributed by atoms with E-state index in [9.17, 15) is 9.59 Å². The first kappa shape index (κ1) is 15.8. The molecule has 1 N–H and O–H groups in total. The second-order valence-corrected chi connectivity index (χ2v) is 5.34. The Bertz CT molecular complexity index is 480. The fraction of sp³-hybridized carbons (Fsp3) is 0.333. The van der Waals surface area contributed by atoms with E-state index in [1.165, 1.54) is 7.11 Å². The number of rotatable bonds is 4. The molecule has 0 fully saturated rings. The molecule has 0 bridgehead atoms. The van der Waals surface area contributed by atoms with Crippen molar-refractivity contribution < 1.29 is 14.3 Å². The molecule has 0 aromatic heterocycles. The fourth-order valence-electron chi connectivity index (χ4n) is 1.28. The van der Waals surface area contributed by atoms with Gasteiger partial charge in [-0.3, -0.25) is 15.0 Å². The Labute approximate surface area is 121 Å². The molecule has 0 saturated carbocycles. The molecule has 0 atom stereocenters. The highest BCUT2D eigenvalue weighted by molar-refractivity contribution is 8.13. The van der Waals surface area contributed by atoms with Crippen molar-refractivity contribution in [1.29, 1.82) is 0 Å². The first-order valence-electron chi connectivity index (χ1n) is 5.43. The molecule has 0 aliphatic rings. The molecule has 1 amide bonds. The number of carbonyl (C=O) groups is 2. The number of nitrogens with zero attached hydrogens (tertiary/aromatic N) is 1. The highest BCUT2D eigenvalue weighted by atomic mass is 35.5. The number of esters is 1. The van der Waals surface area contributed by atoms with Crippen molar-refractivity contribution in [3.05, 3.63) is 28.8 Å². The lowest BCUT2D eigenvalue weighted by Crippen LogP contribution is -2.33. The molecule has 19 heavy (non-hydrogen) atoms. The third-order valence-corrected chi connectivity index (χ3v) is 3.37. The summed E-state index contributed by atoms with van der Waals surface area (Å²) in [4.78, 5) is 23.3. The highest BCUT2D eigenvalue weighted by Gasteiger charge is 2.10. The zero-order valence-electron chi connectivity index (χ0n) is 10.9. The largest absolute Gasteiger partial charge is 0.469 e. The Morgan fingerprint density at radius 1 is 1.42 bits per heavy atom. The maximum Gasteiger partial charge on any atom is 0.309 e. The van der Waals surface area contributed by atoms with Crippen LogP contribution in [-0.4, -0.2) is 37.4 Å². The van der Waals surface area contributed by atoms with Crippen LogP contribution in [0.5, 0.6) is 0 Å². The molecular formula is C12H15ClN2O3S. The van der Waals surface area contributed by atoms with Gasteiger partial charge in [0.2, 0.25) is 0 Å². The summed E-state index contributed by atoms with van der Waals surface area (Å²) in [6.07, 6.45) is 0.158. The van der Waals surface area contributed by atoms with E-state index in [0.717, 1.165) is 17.3 Å². The number of carbonyl (C=O) groups excluding carboxylic acids is 2. The zero-order valence-corrected chi connectivity index (χ0v) is 12.5. The van der Waals surface area contributed by atoms with Crippen LogP contribution in [0.4, 0.5) is 4.79 Å². The van der Waals surface area contributed by atoms with Crippen LogP contribution in [0.25, 0.3) is 0 Å². The van der Waals surface area contributed by atoms with E-state index in [1.54, 1.807) is 37.3 Å². The summed E-state index contributed by atoms with van der Waals surface area (Å²) in [5.74, 6) is -0.332. The summed E-state index contributed by atoms with van der Waals surface area (Å²) in [5.41, 5.74) is 3.34. The number of nitrogens with one attached hydrogen (secondary N) is 1. The van der Waals surface area contributed by atoms with E-state index in [0.29, 0.717) is 9.92 Å². The molecule has 0 unspecified atom stereocenters. The van der Waals surface area contributed by atoms with Gasteiger partial charge in [0.25, 0.3) is 5.24 Å². The van der Waals surface area contributed by atoms with Crippen molar-refractivity contribution in [2.24, 2.45) is 0 Å². The van der Waals surface area contributed by atoms with Crippen molar-refractivity contribution >= 4 is 34.6 Å². The molecule has 5 nitrogen and oxygen atoms in total. The molecule has 0 aliphatic heterocycles. The summed E-state index contributed by atoms with van der Waals surface area (Å²) in [5, 5.41) is 1.75. The van der Waals surface area contributed by atoms with Crippen molar-refractivity contribution in [2.45, 2.75) is 11.3 Å². The van der Waals surface area contributed by atoms with Crippen molar-refractivity contribution in [1.82, 2.24) is 10.4 Å². The Morgan fingerprint density at radius 2 is 2.11 bits per heavy atom. The topological polar surface area (TPSA) is 58.6 Å². The van der Waals surface area contributed by atoms with Gasteiger partial charge in [-0.1, -0.05) is 17.7 Å². The number of hydrogen-bond acceptors (Lipinski definition) is 5. The number of halogens is 1. The number of methoxy groups -OCH3 is 1. The first-order valence-corrected chi connectivity index (χ1v) is 6.63. The monoisotopic (exact) mass is 302 g/mol. The number of ether oxygens (including phenoxy) is 1. The fourth-order valence-corrected chi connectivity index (χ4v) is 2.32. The number of amides is 1. The molecular weight excluding hydrogens is 288 g/mol. The molecule has 1 aromatic rings. The first-order chi connectivity index (χ1) is 8.92. The van der Waals surface area contributed by atoms with Gasteiger partial charge in [-0.2, -0.15) is 0 Å². The molecule has 1 aromatic carbocycles. The lowest BCUT2D eigenvalue weighted by atomic mass is 10.1. The Hall–Kier alpha value is -1.24. The van der Waals surface area contributed by atoms with E-state index in [4.69, 9.17) is 11.6 Å². The average Bonchev–Trinajstić information content (AvgIpc) is 2.31. The van der Waals surface area contributed by atoms with Crippen LogP contribution in [0.1, 0.15) is 5.56 Å². The SMILES string of the molecule is COC(=O)Cc1ccc(SC(=O)NN(C)C)c(Cl)c1. The average molecular weight is 303 g/mol. The summed E-state index contributed by atoms with van der Waals surface area (Å²) < 4.78 is 4.58. The van der Waals surface area contributed by atoms with Gasteiger partial charge >= 0.3 is 5.97 Å². The van der Waals surface area contributed by atoms with E-state index in [1.807, 2.05) is 0 Å². The second kappa shape index (κ2) is 7.37. The quantitative estimate of drug-likeness (QED) is 0.525. The summed E-state index contributed by atoms with van der Waals surface area (Å²) in [6.45, 7) is 0. The molecule has 0 saturated heterocycles. The van der Waals surface area contributed by atoms with E-state index < -0.39 is 0 Å². The minimum Gasteiger partial charge on any atom is -0.469 e. The van der Waals surface area contributed by atoms with Crippen molar-refractivity contribution in [3.63, 3.8) is 0 Å². The van der Waals surface area contributed by atoms with E-state index in [2.05, 4.69) is 10.2 Å². The maximum absolute atomic E-state index is 11.6. The van der Waals surface area contributed by atoms with Gasteiger partial charge in [-0.25, -0.2) is 5.01 Å². The molecule has 0 radical (unpaired) electrons. The van der Waals surface area contributed by atoms with Gasteiger partial charge in [0.15, 0.2) is 0 Å². The second-order valence-electron chi connectivity index (χ2n) is 3.91. The number of benzene rings is 1. The van der Waals surface area contributed by atoms with E-state index >= 15 is 0 Å². The van der Waals surface area contributed by atoms with Gasteiger partial charge in [0.1, 0.15) is 0 Å². The van der Waals surface area contributed by atoms with Crippen LogP contribution in [0.3, 0.4) is 0 Å². The van der Waals surface area contributed by atoms with Crippen LogP contribution in [-0.2, 0) is 16.0 Å². The molecule has 7 heteroatoms. The molecule has 0 aliphatic carbocycles. The summed E-state index contributed by atoms with van der Waals surface area (Å²) >= 11 is 7.06. The maximum atomic E-state index is 11.6. The highest BCUT2D eigenvalue weighted by Crippen LogP contribution is 2.28. The lowest BCUT2D eigenvalue weighted by molar-refractivity contribution is -0.139. The Balaban J connectivity index is 2.72. The van der Waals surface area contributed by atoms with Gasteiger partial charge in [-0.05, 0) is 29.5 Å². The predicted molar refractivity (Wildman–Crippen MR) is 75.2 cm³/mol. The van der Waals surface area contributed by atoms with Gasteiger partial charge in [0.05, 0.1) is 18.6 Å². The van der Waals surface area contributed by atoms with Crippen molar-refractivity contribution in [3.8, 4) is 0 Å². The minimum absolute atomic E-state index is 0.158. The van der Waals surface area contributed by atoms with Gasteiger partial charge in [-0.15, -0.1) is 0 Å². The van der Waals surface area contributed by atoms with Gasteiger partial charge < -0.3 is 4.74 Å². The van der Waals surface area contributed by atoms with E-state index in [-0.39, 0.29) is 17.6 Å². The normalized spacial score (nSPS) is 10.4. The third kappa shape index (κ3) is 5.50.